The average molecular weight is 200 g/mol. The lowest BCUT2D eigenvalue weighted by molar-refractivity contribution is 0.514. The molecule has 2 rings (SSSR count). The first-order valence-electron chi connectivity index (χ1n) is 4.67. The molecular formula is C12H12N2O. The summed E-state index contributed by atoms with van der Waals surface area (Å²) in [6.07, 6.45) is 3.68. The van der Waals surface area contributed by atoms with E-state index in [2.05, 4.69) is 11.6 Å². The van der Waals surface area contributed by atoms with Crippen LogP contribution in [0.25, 0.3) is 0 Å². The fraction of sp³-hybridized carbons (Fsp3) is 0.0833. The Kier molecular flexibility index (Phi) is 2.54. The van der Waals surface area contributed by atoms with Crippen molar-refractivity contribution in [1.29, 1.82) is 0 Å². The lowest BCUT2D eigenvalue weighted by atomic mass is 10.3. The Labute approximate surface area is 89.0 Å². The maximum absolute atomic E-state index is 5.55. The number of hydrogen-bond donors (Lipinski definition) is 0. The molecule has 0 N–H and O–H groups in total. The standard InChI is InChI=1S/C12H12N2O/c1-10-13-12(8-9-14(10)2)15-11-6-4-3-5-7-11/h3-9H,1H2,2H3. The number of para-hydroxylation sites is 1. The van der Waals surface area contributed by atoms with E-state index in [1.165, 1.54) is 0 Å². The summed E-state index contributed by atoms with van der Waals surface area (Å²) in [5, 5.41) is 0. The van der Waals surface area contributed by atoms with Crippen LogP contribution in [0.2, 0.25) is 0 Å². The maximum Gasteiger partial charge on any atom is 0.222 e. The van der Waals surface area contributed by atoms with Crippen molar-refractivity contribution in [3.63, 3.8) is 0 Å². The van der Waals surface area contributed by atoms with E-state index >= 15 is 0 Å². The molecule has 0 unspecified atom stereocenters. The van der Waals surface area contributed by atoms with E-state index in [1.54, 1.807) is 0 Å². The molecular weight excluding hydrogens is 188 g/mol. The Bertz CT molecular complexity index is 421. The summed E-state index contributed by atoms with van der Waals surface area (Å²) in [6, 6.07) is 9.56. The van der Waals surface area contributed by atoms with Gasteiger partial charge in [0, 0.05) is 19.3 Å². The Morgan fingerprint density at radius 2 is 2.00 bits per heavy atom. The second kappa shape index (κ2) is 4.00. The number of ether oxygens (including phenoxy) is 1. The third-order valence-corrected chi connectivity index (χ3v) is 2.05. The van der Waals surface area contributed by atoms with Crippen LogP contribution in [0.4, 0.5) is 0 Å². The average Bonchev–Trinajstić information content (AvgIpc) is 2.25. The zero-order valence-corrected chi connectivity index (χ0v) is 8.55. The van der Waals surface area contributed by atoms with Gasteiger partial charge in [-0.25, -0.2) is 0 Å². The molecule has 1 aromatic rings. The van der Waals surface area contributed by atoms with Gasteiger partial charge in [-0.15, -0.1) is 0 Å². The van der Waals surface area contributed by atoms with E-state index in [4.69, 9.17) is 4.74 Å². The summed E-state index contributed by atoms with van der Waals surface area (Å²) in [5.74, 6) is 2.01. The van der Waals surface area contributed by atoms with Crippen molar-refractivity contribution in [2.24, 2.45) is 4.99 Å². The predicted molar refractivity (Wildman–Crippen MR) is 60.5 cm³/mol. The summed E-state index contributed by atoms with van der Waals surface area (Å²) in [6.45, 7) is 3.79. The molecule has 3 nitrogen and oxygen atoms in total. The maximum atomic E-state index is 5.55. The monoisotopic (exact) mass is 200 g/mol. The number of hydrogen-bond acceptors (Lipinski definition) is 3. The zero-order valence-electron chi connectivity index (χ0n) is 8.55. The number of aliphatic imine (C=N–C) groups is 1. The Morgan fingerprint density at radius 3 is 2.67 bits per heavy atom. The minimum absolute atomic E-state index is 0.560. The first-order valence-corrected chi connectivity index (χ1v) is 4.67. The van der Waals surface area contributed by atoms with Crippen LogP contribution < -0.4 is 4.74 Å². The fourth-order valence-corrected chi connectivity index (χ4v) is 1.17. The second-order valence-electron chi connectivity index (χ2n) is 3.21. The van der Waals surface area contributed by atoms with Crippen LogP contribution in [-0.4, -0.2) is 17.8 Å². The smallest absolute Gasteiger partial charge is 0.222 e. The molecule has 0 radical (unpaired) electrons. The van der Waals surface area contributed by atoms with Crippen LogP contribution >= 0.6 is 0 Å². The Morgan fingerprint density at radius 1 is 1.27 bits per heavy atom. The first-order chi connectivity index (χ1) is 7.25. The highest BCUT2D eigenvalue weighted by molar-refractivity contribution is 5.90. The van der Waals surface area contributed by atoms with Crippen molar-refractivity contribution in [3.8, 4) is 5.75 Å². The summed E-state index contributed by atoms with van der Waals surface area (Å²) in [4.78, 5) is 6.03. The van der Waals surface area contributed by atoms with E-state index < -0.39 is 0 Å². The van der Waals surface area contributed by atoms with Gasteiger partial charge in [-0.2, -0.15) is 4.99 Å². The van der Waals surface area contributed by atoms with Crippen molar-refractivity contribution in [1.82, 2.24) is 4.90 Å². The highest BCUT2D eigenvalue weighted by Gasteiger charge is 2.07. The first kappa shape index (κ1) is 9.52. The van der Waals surface area contributed by atoms with Gasteiger partial charge in [0.25, 0.3) is 0 Å². The van der Waals surface area contributed by atoms with E-state index in [9.17, 15) is 0 Å². The summed E-state index contributed by atoms with van der Waals surface area (Å²) >= 11 is 0. The second-order valence-corrected chi connectivity index (χ2v) is 3.21. The Balaban J connectivity index is 2.12. The van der Waals surface area contributed by atoms with Gasteiger partial charge in [0.05, 0.1) is 0 Å². The molecule has 1 heterocycles. The molecule has 0 bridgehead atoms. The van der Waals surface area contributed by atoms with Gasteiger partial charge < -0.3 is 9.64 Å². The normalized spacial score (nSPS) is 15.1. The van der Waals surface area contributed by atoms with Crippen LogP contribution in [0.5, 0.6) is 5.75 Å². The van der Waals surface area contributed by atoms with E-state index in [0.29, 0.717) is 11.7 Å². The fourth-order valence-electron chi connectivity index (χ4n) is 1.17. The summed E-state index contributed by atoms with van der Waals surface area (Å²) in [5.41, 5.74) is 0. The van der Waals surface area contributed by atoms with Gasteiger partial charge in [0.2, 0.25) is 5.90 Å². The third kappa shape index (κ3) is 2.26. The zero-order chi connectivity index (χ0) is 10.7. The predicted octanol–water partition coefficient (Wildman–Crippen LogP) is 2.39. The van der Waals surface area contributed by atoms with Crippen molar-refractivity contribution in [2.45, 2.75) is 0 Å². The molecule has 0 saturated heterocycles. The largest absolute Gasteiger partial charge is 0.439 e. The van der Waals surface area contributed by atoms with Gasteiger partial charge in [0.15, 0.2) is 0 Å². The molecule has 0 saturated carbocycles. The molecule has 3 heteroatoms. The summed E-state index contributed by atoms with van der Waals surface area (Å²) in [7, 11) is 1.89. The van der Waals surface area contributed by atoms with E-state index in [1.807, 2.05) is 54.6 Å². The van der Waals surface area contributed by atoms with Gasteiger partial charge >= 0.3 is 0 Å². The summed E-state index contributed by atoms with van der Waals surface area (Å²) < 4.78 is 5.55. The molecule has 0 spiro atoms. The molecule has 1 aliphatic rings. The minimum Gasteiger partial charge on any atom is -0.439 e. The lowest BCUT2D eigenvalue weighted by Gasteiger charge is -2.18. The van der Waals surface area contributed by atoms with Gasteiger partial charge in [0.1, 0.15) is 11.6 Å². The molecule has 76 valence electrons. The lowest BCUT2D eigenvalue weighted by Crippen LogP contribution is -2.17. The molecule has 0 aromatic heterocycles. The number of rotatable bonds is 1. The molecule has 0 amide bonds. The number of benzene rings is 1. The van der Waals surface area contributed by atoms with Gasteiger partial charge in [-0.3, -0.25) is 0 Å². The van der Waals surface area contributed by atoms with Crippen LogP contribution in [-0.2, 0) is 0 Å². The molecule has 1 aromatic carbocycles. The molecule has 15 heavy (non-hydrogen) atoms. The van der Waals surface area contributed by atoms with Crippen molar-refractivity contribution in [3.05, 3.63) is 55.0 Å². The topological polar surface area (TPSA) is 24.8 Å². The van der Waals surface area contributed by atoms with Crippen LogP contribution in [0, 0.1) is 0 Å². The van der Waals surface area contributed by atoms with E-state index in [0.717, 1.165) is 5.75 Å². The molecule has 1 aliphatic heterocycles. The van der Waals surface area contributed by atoms with Crippen molar-refractivity contribution >= 4 is 5.90 Å². The quantitative estimate of drug-likeness (QED) is 0.695. The molecule has 0 aliphatic carbocycles. The molecule has 0 atom stereocenters. The van der Waals surface area contributed by atoms with Crippen LogP contribution in [0.1, 0.15) is 0 Å². The van der Waals surface area contributed by atoms with Crippen molar-refractivity contribution < 1.29 is 4.74 Å². The van der Waals surface area contributed by atoms with E-state index in [-0.39, 0.29) is 0 Å². The third-order valence-electron chi connectivity index (χ3n) is 2.05. The van der Waals surface area contributed by atoms with Gasteiger partial charge in [-0.05, 0) is 12.1 Å². The highest BCUT2D eigenvalue weighted by atomic mass is 16.5. The minimum atomic E-state index is 0.560. The van der Waals surface area contributed by atoms with Crippen molar-refractivity contribution in [2.75, 3.05) is 7.05 Å². The van der Waals surface area contributed by atoms with Crippen LogP contribution in [0.15, 0.2) is 60.0 Å². The SMILES string of the molecule is C=C1N=C(Oc2ccccc2)C=CN1C. The molecule has 0 fully saturated rings. The number of nitrogens with zero attached hydrogens (tertiary/aromatic N) is 2. The Hall–Kier alpha value is -2.03. The van der Waals surface area contributed by atoms with Gasteiger partial charge in [-0.1, -0.05) is 24.8 Å². The van der Waals surface area contributed by atoms with Crippen LogP contribution in [0.3, 0.4) is 0 Å². The highest BCUT2D eigenvalue weighted by Crippen LogP contribution is 2.13.